The molecule has 176 valence electrons. The van der Waals surface area contributed by atoms with Crippen LogP contribution in [0.2, 0.25) is 0 Å². The van der Waals surface area contributed by atoms with E-state index in [1.165, 1.54) is 61.8 Å². The highest BCUT2D eigenvalue weighted by Gasteiger charge is 2.46. The minimum absolute atomic E-state index is 0.109. The molecule has 1 N–H and O–H groups in total. The van der Waals surface area contributed by atoms with Gasteiger partial charge in [0.1, 0.15) is 11.6 Å². The molecule has 1 amide bonds. The second kappa shape index (κ2) is 9.56. The highest BCUT2D eigenvalue weighted by atomic mass is 32.1. The Labute approximate surface area is 199 Å². The molecule has 1 aliphatic rings. The summed E-state index contributed by atoms with van der Waals surface area (Å²) in [5.74, 6) is -1.46. The van der Waals surface area contributed by atoms with Crippen LogP contribution in [0, 0.1) is 5.82 Å². The third-order valence-corrected chi connectivity index (χ3v) is 6.43. The first-order valence-electron chi connectivity index (χ1n) is 10.3. The number of aliphatic hydroxyl groups excluding tert-OH is 1. The van der Waals surface area contributed by atoms with Gasteiger partial charge in [0.05, 0.1) is 39.5 Å². The summed E-state index contributed by atoms with van der Waals surface area (Å²) in [6.07, 6.45) is 0. The number of ketones is 1. The fraction of sp³-hybridized carbons (Fsp3) is 0.200. The molecule has 1 aromatic heterocycles. The number of likely N-dealkylation sites (tertiary alicyclic amines) is 1. The Morgan fingerprint density at radius 2 is 1.68 bits per heavy atom. The van der Waals surface area contributed by atoms with Crippen LogP contribution in [0.1, 0.15) is 22.0 Å². The molecule has 3 aromatic rings. The molecule has 1 atom stereocenters. The molecule has 0 radical (unpaired) electrons. The number of methoxy groups -OCH3 is 3. The van der Waals surface area contributed by atoms with Gasteiger partial charge in [0.25, 0.3) is 11.7 Å². The number of aliphatic hydroxyl groups is 1. The van der Waals surface area contributed by atoms with Crippen molar-refractivity contribution >= 4 is 28.8 Å². The lowest BCUT2D eigenvalue weighted by atomic mass is 9.94. The normalized spacial score (nSPS) is 17.2. The third kappa shape index (κ3) is 4.10. The second-order valence-corrected chi connectivity index (χ2v) is 8.50. The van der Waals surface area contributed by atoms with Gasteiger partial charge in [0.15, 0.2) is 11.5 Å². The van der Waals surface area contributed by atoms with Gasteiger partial charge < -0.3 is 24.2 Å². The van der Waals surface area contributed by atoms with Crippen LogP contribution in [0.5, 0.6) is 17.2 Å². The van der Waals surface area contributed by atoms with Gasteiger partial charge in [0.2, 0.25) is 5.75 Å². The molecule has 2 aromatic carbocycles. The Kier molecular flexibility index (Phi) is 6.56. The number of thiophene rings is 1. The lowest BCUT2D eigenvalue weighted by Gasteiger charge is -2.26. The zero-order valence-corrected chi connectivity index (χ0v) is 19.5. The number of rotatable bonds is 7. The molecule has 1 aliphatic heterocycles. The number of nitrogens with zero attached hydrogens (tertiary/aromatic N) is 1. The van der Waals surface area contributed by atoms with E-state index in [4.69, 9.17) is 14.2 Å². The molecule has 0 saturated carbocycles. The average Bonchev–Trinajstić information content (AvgIpc) is 3.45. The number of amides is 1. The highest BCUT2D eigenvalue weighted by Crippen LogP contribution is 2.46. The summed E-state index contributed by atoms with van der Waals surface area (Å²) in [4.78, 5) is 28.6. The zero-order valence-electron chi connectivity index (χ0n) is 18.7. The van der Waals surface area contributed by atoms with Crippen molar-refractivity contribution in [3.8, 4) is 17.2 Å². The van der Waals surface area contributed by atoms with Crippen LogP contribution in [0.25, 0.3) is 5.76 Å². The molecule has 0 aliphatic carbocycles. The van der Waals surface area contributed by atoms with Crippen molar-refractivity contribution in [2.45, 2.75) is 12.6 Å². The van der Waals surface area contributed by atoms with Crippen LogP contribution in [0.15, 0.2) is 59.5 Å². The topological polar surface area (TPSA) is 85.3 Å². The Balaban J connectivity index is 1.94. The van der Waals surface area contributed by atoms with Gasteiger partial charge in [-0.25, -0.2) is 4.39 Å². The minimum Gasteiger partial charge on any atom is -0.507 e. The standard InChI is InChI=1S/C25H22FNO6S/c1-31-18-11-15(12-19(32-2)24(18)33-3)21-20(22(28)14-6-8-16(26)9-7-14)23(29)25(30)27(21)13-17-5-4-10-34-17/h4-12,21,28H,13H2,1-3H3/b22-20+. The highest BCUT2D eigenvalue weighted by molar-refractivity contribution is 7.09. The SMILES string of the molecule is COc1cc(C2/C(=C(\O)c3ccc(F)cc3)C(=O)C(=O)N2Cc2cccs2)cc(OC)c1OC. The van der Waals surface area contributed by atoms with E-state index in [9.17, 15) is 19.1 Å². The lowest BCUT2D eigenvalue weighted by molar-refractivity contribution is -0.140. The van der Waals surface area contributed by atoms with Crippen molar-refractivity contribution in [3.05, 3.63) is 81.3 Å². The summed E-state index contributed by atoms with van der Waals surface area (Å²) in [5, 5.41) is 13.0. The Morgan fingerprint density at radius 3 is 2.21 bits per heavy atom. The molecule has 1 unspecified atom stereocenters. The third-order valence-electron chi connectivity index (χ3n) is 5.57. The first-order valence-corrected chi connectivity index (χ1v) is 11.1. The summed E-state index contributed by atoms with van der Waals surface area (Å²) >= 11 is 1.44. The van der Waals surface area contributed by atoms with E-state index in [2.05, 4.69) is 0 Å². The molecule has 4 rings (SSSR count). The number of ether oxygens (including phenoxy) is 3. The van der Waals surface area contributed by atoms with Crippen LogP contribution in [0.3, 0.4) is 0 Å². The van der Waals surface area contributed by atoms with Crippen molar-refractivity contribution in [2.75, 3.05) is 21.3 Å². The molecule has 0 bridgehead atoms. The van der Waals surface area contributed by atoms with Gasteiger partial charge >= 0.3 is 0 Å². The average molecular weight is 484 g/mol. The Hall–Kier alpha value is -3.85. The van der Waals surface area contributed by atoms with Gasteiger partial charge in [-0.3, -0.25) is 9.59 Å². The van der Waals surface area contributed by atoms with Gasteiger partial charge in [-0.05, 0) is 53.4 Å². The van der Waals surface area contributed by atoms with Crippen molar-refractivity contribution in [1.82, 2.24) is 4.90 Å². The number of hydrogen-bond acceptors (Lipinski definition) is 7. The molecule has 7 nitrogen and oxygen atoms in total. The van der Waals surface area contributed by atoms with E-state index in [0.29, 0.717) is 22.8 Å². The number of halogens is 1. The van der Waals surface area contributed by atoms with E-state index < -0.39 is 29.3 Å². The van der Waals surface area contributed by atoms with Crippen molar-refractivity contribution < 1.29 is 33.3 Å². The summed E-state index contributed by atoms with van der Waals surface area (Å²) < 4.78 is 29.8. The Morgan fingerprint density at radius 1 is 1.03 bits per heavy atom. The molecule has 0 spiro atoms. The fourth-order valence-corrected chi connectivity index (χ4v) is 4.69. The van der Waals surface area contributed by atoms with Crippen LogP contribution in [-0.2, 0) is 16.1 Å². The maximum atomic E-state index is 13.5. The molecular weight excluding hydrogens is 461 g/mol. The van der Waals surface area contributed by atoms with Crippen molar-refractivity contribution in [2.24, 2.45) is 0 Å². The smallest absolute Gasteiger partial charge is 0.295 e. The summed E-state index contributed by atoms with van der Waals surface area (Å²) in [6.45, 7) is 0.157. The number of carbonyl (C=O) groups is 2. The quantitative estimate of drug-likeness (QED) is 0.302. The number of hydrogen-bond donors (Lipinski definition) is 1. The van der Waals surface area contributed by atoms with Crippen LogP contribution < -0.4 is 14.2 Å². The number of benzene rings is 2. The molecule has 9 heteroatoms. The van der Waals surface area contributed by atoms with Gasteiger partial charge in [-0.1, -0.05) is 6.07 Å². The summed E-state index contributed by atoms with van der Waals surface area (Å²) in [7, 11) is 4.39. The van der Waals surface area contributed by atoms with E-state index in [1.54, 1.807) is 12.1 Å². The largest absolute Gasteiger partial charge is 0.507 e. The van der Waals surface area contributed by atoms with Gasteiger partial charge in [-0.2, -0.15) is 0 Å². The van der Waals surface area contributed by atoms with E-state index in [-0.39, 0.29) is 17.7 Å². The number of carbonyl (C=O) groups excluding carboxylic acids is 2. The zero-order chi connectivity index (χ0) is 24.4. The van der Waals surface area contributed by atoms with Crippen LogP contribution in [0.4, 0.5) is 4.39 Å². The monoisotopic (exact) mass is 483 g/mol. The van der Waals surface area contributed by atoms with E-state index in [1.807, 2.05) is 17.5 Å². The molecular formula is C25H22FNO6S. The predicted molar refractivity (Wildman–Crippen MR) is 125 cm³/mol. The summed E-state index contributed by atoms with van der Waals surface area (Å²) in [6, 6.07) is 11.1. The lowest BCUT2D eigenvalue weighted by Crippen LogP contribution is -2.29. The first-order chi connectivity index (χ1) is 16.4. The molecule has 1 saturated heterocycles. The molecule has 1 fully saturated rings. The van der Waals surface area contributed by atoms with Gasteiger partial charge in [0, 0.05) is 10.4 Å². The van der Waals surface area contributed by atoms with E-state index >= 15 is 0 Å². The maximum Gasteiger partial charge on any atom is 0.295 e. The first kappa shape index (κ1) is 23.3. The summed E-state index contributed by atoms with van der Waals surface area (Å²) in [5.41, 5.74) is 0.587. The second-order valence-electron chi connectivity index (χ2n) is 7.47. The maximum absolute atomic E-state index is 13.5. The minimum atomic E-state index is -0.944. The predicted octanol–water partition coefficient (Wildman–Crippen LogP) is 4.53. The van der Waals surface area contributed by atoms with Crippen molar-refractivity contribution in [1.29, 1.82) is 0 Å². The Bertz CT molecular complexity index is 1230. The van der Waals surface area contributed by atoms with Crippen LogP contribution >= 0.6 is 11.3 Å². The van der Waals surface area contributed by atoms with Gasteiger partial charge in [-0.15, -0.1) is 11.3 Å². The fourth-order valence-electron chi connectivity index (χ4n) is 3.98. The van der Waals surface area contributed by atoms with Crippen LogP contribution in [-0.4, -0.2) is 43.0 Å². The number of Topliss-reactive ketones (excluding diaryl/α,β-unsaturated/α-hetero) is 1. The van der Waals surface area contributed by atoms with Crippen molar-refractivity contribution in [3.63, 3.8) is 0 Å². The molecule has 34 heavy (non-hydrogen) atoms. The molecule has 2 heterocycles. The van der Waals surface area contributed by atoms with E-state index in [0.717, 1.165) is 4.88 Å².